The van der Waals surface area contributed by atoms with Gasteiger partial charge in [-0.05, 0) is 56.4 Å². The highest BCUT2D eigenvalue weighted by atomic mass is 32.2. The predicted octanol–water partition coefficient (Wildman–Crippen LogP) is 4.56. The number of anilines is 1. The number of aromatic nitrogens is 2. The molecule has 1 aromatic carbocycles. The zero-order valence-electron chi connectivity index (χ0n) is 14.9. The second kappa shape index (κ2) is 7.67. The summed E-state index contributed by atoms with van der Waals surface area (Å²) in [7, 11) is 0. The van der Waals surface area contributed by atoms with E-state index in [1.54, 1.807) is 0 Å². The Morgan fingerprint density at radius 2 is 2.11 bits per heavy atom. The molecular formula is C20H18N4OS2. The number of para-hydroxylation sites is 1. The summed E-state index contributed by atoms with van der Waals surface area (Å²) in [4.78, 5) is 21.7. The minimum absolute atomic E-state index is 0.137. The lowest BCUT2D eigenvalue weighted by molar-refractivity contribution is -0.115. The van der Waals surface area contributed by atoms with Gasteiger partial charge in [-0.2, -0.15) is 5.26 Å². The van der Waals surface area contributed by atoms with Crippen molar-refractivity contribution < 1.29 is 4.79 Å². The van der Waals surface area contributed by atoms with Crippen LogP contribution in [0.3, 0.4) is 0 Å². The largest absolute Gasteiger partial charge is 0.301 e. The SMILES string of the molecule is CC(Sc1nc2c(cc1C#N)CCCC2)C(=O)Nc1nc2ccccc2s1. The second-order valence-corrected chi connectivity index (χ2v) is 8.86. The second-order valence-electron chi connectivity index (χ2n) is 6.50. The molecule has 0 spiro atoms. The Hall–Kier alpha value is -2.43. The Balaban J connectivity index is 1.50. The molecule has 27 heavy (non-hydrogen) atoms. The number of rotatable bonds is 4. The van der Waals surface area contributed by atoms with Crippen LogP contribution in [0.25, 0.3) is 10.2 Å². The van der Waals surface area contributed by atoms with Crippen molar-refractivity contribution in [1.82, 2.24) is 9.97 Å². The van der Waals surface area contributed by atoms with Gasteiger partial charge in [0, 0.05) is 5.69 Å². The third-order valence-electron chi connectivity index (χ3n) is 4.57. The molecule has 0 radical (unpaired) electrons. The van der Waals surface area contributed by atoms with Gasteiger partial charge in [-0.3, -0.25) is 4.79 Å². The number of nitrogens with one attached hydrogen (secondary N) is 1. The molecule has 1 aliphatic carbocycles. The Morgan fingerprint density at radius 1 is 1.30 bits per heavy atom. The molecule has 1 amide bonds. The number of fused-ring (bicyclic) bond motifs is 2. The lowest BCUT2D eigenvalue weighted by atomic mass is 9.95. The zero-order valence-corrected chi connectivity index (χ0v) is 16.5. The van der Waals surface area contributed by atoms with E-state index >= 15 is 0 Å². The van der Waals surface area contributed by atoms with Gasteiger partial charge in [0.2, 0.25) is 5.91 Å². The monoisotopic (exact) mass is 394 g/mol. The fourth-order valence-electron chi connectivity index (χ4n) is 3.14. The number of thioether (sulfide) groups is 1. The number of carbonyl (C=O) groups excluding carboxylic acids is 1. The summed E-state index contributed by atoms with van der Waals surface area (Å²) in [6, 6.07) is 12.0. The van der Waals surface area contributed by atoms with E-state index in [0.717, 1.165) is 41.6 Å². The quantitative estimate of drug-likeness (QED) is 0.656. The Bertz CT molecular complexity index is 1020. The first-order chi connectivity index (χ1) is 13.1. The molecule has 0 saturated carbocycles. The van der Waals surface area contributed by atoms with E-state index < -0.39 is 0 Å². The Labute approximate surface area is 165 Å². The molecule has 7 heteroatoms. The molecule has 2 heterocycles. The summed E-state index contributed by atoms with van der Waals surface area (Å²) < 4.78 is 1.04. The molecule has 5 nitrogen and oxygen atoms in total. The van der Waals surface area contributed by atoms with Crippen LogP contribution in [0.2, 0.25) is 0 Å². The molecule has 0 bridgehead atoms. The summed E-state index contributed by atoms with van der Waals surface area (Å²) in [6.07, 6.45) is 4.20. The number of aryl methyl sites for hydroxylation is 2. The number of amides is 1. The van der Waals surface area contributed by atoms with Crippen molar-refractivity contribution in [3.8, 4) is 6.07 Å². The highest BCUT2D eigenvalue weighted by molar-refractivity contribution is 8.00. The minimum atomic E-state index is -0.377. The molecular weight excluding hydrogens is 376 g/mol. The zero-order chi connectivity index (χ0) is 18.8. The van der Waals surface area contributed by atoms with E-state index in [4.69, 9.17) is 4.98 Å². The van der Waals surface area contributed by atoms with Gasteiger partial charge in [0.05, 0.1) is 21.0 Å². The Kier molecular flexibility index (Phi) is 5.10. The fraction of sp³-hybridized carbons (Fsp3) is 0.300. The van der Waals surface area contributed by atoms with E-state index in [9.17, 15) is 10.1 Å². The fourth-order valence-corrected chi connectivity index (χ4v) is 4.90. The number of nitrogens with zero attached hydrogens (tertiary/aromatic N) is 3. The number of pyridine rings is 1. The van der Waals surface area contributed by atoms with Crippen LogP contribution in [0.1, 0.15) is 36.6 Å². The molecule has 136 valence electrons. The molecule has 1 aliphatic rings. The van der Waals surface area contributed by atoms with Crippen LogP contribution in [0.15, 0.2) is 35.4 Å². The Morgan fingerprint density at radius 3 is 2.93 bits per heavy atom. The van der Waals surface area contributed by atoms with Gasteiger partial charge in [0.15, 0.2) is 5.13 Å². The van der Waals surface area contributed by atoms with Crippen molar-refractivity contribution in [3.63, 3.8) is 0 Å². The van der Waals surface area contributed by atoms with Crippen LogP contribution < -0.4 is 5.32 Å². The lowest BCUT2D eigenvalue weighted by Crippen LogP contribution is -2.22. The number of carbonyl (C=O) groups is 1. The molecule has 1 atom stereocenters. The summed E-state index contributed by atoms with van der Waals surface area (Å²) in [5, 5.41) is 13.2. The van der Waals surface area contributed by atoms with Crippen LogP contribution in [0.4, 0.5) is 5.13 Å². The number of thiazole rings is 1. The molecule has 1 unspecified atom stereocenters. The third-order valence-corrected chi connectivity index (χ3v) is 6.62. The van der Waals surface area contributed by atoms with Crippen LogP contribution in [-0.4, -0.2) is 21.1 Å². The predicted molar refractivity (Wildman–Crippen MR) is 109 cm³/mol. The third kappa shape index (κ3) is 3.82. The molecule has 0 saturated heterocycles. The number of hydrogen-bond acceptors (Lipinski definition) is 6. The first-order valence-corrected chi connectivity index (χ1v) is 10.6. The van der Waals surface area contributed by atoms with Gasteiger partial charge < -0.3 is 5.32 Å². The maximum Gasteiger partial charge on any atom is 0.239 e. The van der Waals surface area contributed by atoms with Crippen molar-refractivity contribution in [2.24, 2.45) is 0 Å². The first kappa shape index (κ1) is 18.0. The van der Waals surface area contributed by atoms with Crippen LogP contribution in [0, 0.1) is 11.3 Å². The summed E-state index contributed by atoms with van der Waals surface area (Å²) in [5.74, 6) is -0.137. The van der Waals surface area contributed by atoms with E-state index in [2.05, 4.69) is 16.4 Å². The average molecular weight is 395 g/mol. The molecule has 4 rings (SSSR count). The highest BCUT2D eigenvalue weighted by Crippen LogP contribution is 2.31. The minimum Gasteiger partial charge on any atom is -0.301 e. The lowest BCUT2D eigenvalue weighted by Gasteiger charge is -2.17. The summed E-state index contributed by atoms with van der Waals surface area (Å²) >= 11 is 2.79. The van der Waals surface area contributed by atoms with Crippen molar-refractivity contribution in [2.75, 3.05) is 5.32 Å². The normalized spacial score (nSPS) is 14.4. The van der Waals surface area contributed by atoms with Gasteiger partial charge in [-0.25, -0.2) is 9.97 Å². The van der Waals surface area contributed by atoms with Crippen molar-refractivity contribution >= 4 is 44.4 Å². The number of benzene rings is 1. The topological polar surface area (TPSA) is 78.7 Å². The van der Waals surface area contributed by atoms with Gasteiger partial charge in [-0.1, -0.05) is 35.2 Å². The standard InChI is InChI=1S/C20H18N4OS2/c1-12(18(25)24-20-23-16-8-4-5-9-17(16)27-20)26-19-14(11-21)10-13-6-2-3-7-15(13)22-19/h4-5,8-10,12H,2-3,6-7H2,1H3,(H,23,24,25). The smallest absolute Gasteiger partial charge is 0.239 e. The summed E-state index contributed by atoms with van der Waals surface area (Å²) in [6.45, 7) is 1.83. The summed E-state index contributed by atoms with van der Waals surface area (Å²) in [5.41, 5.74) is 3.68. The van der Waals surface area contributed by atoms with Gasteiger partial charge in [0.1, 0.15) is 11.1 Å². The van der Waals surface area contributed by atoms with Gasteiger partial charge in [0.25, 0.3) is 0 Å². The molecule has 1 N–H and O–H groups in total. The average Bonchev–Trinajstić information content (AvgIpc) is 3.09. The number of nitriles is 1. The maximum atomic E-state index is 12.6. The van der Waals surface area contributed by atoms with Crippen LogP contribution in [0.5, 0.6) is 0 Å². The van der Waals surface area contributed by atoms with E-state index in [0.29, 0.717) is 15.7 Å². The highest BCUT2D eigenvalue weighted by Gasteiger charge is 2.21. The first-order valence-electron chi connectivity index (χ1n) is 8.90. The van der Waals surface area contributed by atoms with Crippen molar-refractivity contribution in [1.29, 1.82) is 5.26 Å². The van der Waals surface area contributed by atoms with Crippen LogP contribution in [-0.2, 0) is 17.6 Å². The van der Waals surface area contributed by atoms with E-state index in [-0.39, 0.29) is 11.2 Å². The van der Waals surface area contributed by atoms with Crippen molar-refractivity contribution in [2.45, 2.75) is 42.9 Å². The molecule has 2 aromatic heterocycles. The van der Waals surface area contributed by atoms with E-state index in [1.165, 1.54) is 28.7 Å². The molecule has 0 aliphatic heterocycles. The van der Waals surface area contributed by atoms with E-state index in [1.807, 2.05) is 37.3 Å². The van der Waals surface area contributed by atoms with Crippen LogP contribution >= 0.6 is 23.1 Å². The van der Waals surface area contributed by atoms with Gasteiger partial charge >= 0.3 is 0 Å². The van der Waals surface area contributed by atoms with Crippen molar-refractivity contribution in [3.05, 3.63) is 47.2 Å². The van der Waals surface area contributed by atoms with Gasteiger partial charge in [-0.15, -0.1) is 0 Å². The maximum absolute atomic E-state index is 12.6. The number of hydrogen-bond donors (Lipinski definition) is 1. The molecule has 0 fully saturated rings. The molecule has 3 aromatic rings.